The third kappa shape index (κ3) is 4.50. The number of anilines is 1. The highest BCUT2D eigenvalue weighted by Gasteiger charge is 2.23. The van der Waals surface area contributed by atoms with Crippen molar-refractivity contribution in [1.82, 2.24) is 0 Å². The van der Waals surface area contributed by atoms with Crippen LogP contribution >= 0.6 is 0 Å². The monoisotopic (exact) mass is 478 g/mol. The maximum Gasteiger partial charge on any atom is 0.338 e. The Balaban J connectivity index is 0.00000216. The van der Waals surface area contributed by atoms with E-state index >= 15 is 0 Å². The van der Waals surface area contributed by atoms with Crippen LogP contribution in [0.15, 0.2) is 52.9 Å². The summed E-state index contributed by atoms with van der Waals surface area (Å²) < 4.78 is 11.7. The molecule has 178 valence electrons. The van der Waals surface area contributed by atoms with Gasteiger partial charge in [0.05, 0.1) is 18.2 Å². The number of nitrogens with one attached hydrogen (secondary N) is 2. The Bertz CT molecular complexity index is 1460. The van der Waals surface area contributed by atoms with Crippen LogP contribution in [-0.4, -0.2) is 19.1 Å². The van der Waals surface area contributed by atoms with Crippen LogP contribution in [0.5, 0.6) is 0 Å². The van der Waals surface area contributed by atoms with Gasteiger partial charge in [0, 0.05) is 43.2 Å². The summed E-state index contributed by atoms with van der Waals surface area (Å²) in [6, 6.07) is 18.1. The second-order valence-electron chi connectivity index (χ2n) is 7.87. The number of ether oxygens (including phenoxy) is 1. The number of carbonyl (C=O) groups is 1. The first-order valence-corrected chi connectivity index (χ1v) is 11.0. The largest absolute Gasteiger partial charge is 1.00 e. The molecule has 0 atom stereocenters. The van der Waals surface area contributed by atoms with Gasteiger partial charge in [-0.3, -0.25) is 0 Å². The van der Waals surface area contributed by atoms with Crippen molar-refractivity contribution in [1.29, 1.82) is 0 Å². The van der Waals surface area contributed by atoms with E-state index in [4.69, 9.17) is 15.6 Å². The van der Waals surface area contributed by atoms with Crippen LogP contribution in [0.4, 0.5) is 5.69 Å². The molecule has 2 aliphatic rings. The lowest BCUT2D eigenvalue weighted by molar-refractivity contribution is -0.396. The first-order valence-electron chi connectivity index (χ1n) is 11.0. The molecule has 0 bridgehead atoms. The van der Waals surface area contributed by atoms with Crippen LogP contribution in [0.3, 0.4) is 0 Å². The zero-order chi connectivity index (χ0) is 23.5. The van der Waals surface area contributed by atoms with E-state index in [1.807, 2.05) is 50.2 Å². The van der Waals surface area contributed by atoms with Crippen molar-refractivity contribution in [2.45, 2.75) is 27.7 Å². The van der Waals surface area contributed by atoms with E-state index in [9.17, 15) is 4.79 Å². The molecule has 2 N–H and O–H groups in total. The molecule has 0 aromatic heterocycles. The van der Waals surface area contributed by atoms with Crippen molar-refractivity contribution in [3.05, 3.63) is 70.6 Å². The number of esters is 1. The predicted octanol–water partition coefficient (Wildman–Crippen LogP) is 1.50. The third-order valence-corrected chi connectivity index (χ3v) is 5.68. The number of aryl methyl sites for hydroxylation is 2. The summed E-state index contributed by atoms with van der Waals surface area (Å²) in [6.07, 6.45) is 5.49. The Labute approximate surface area is 208 Å². The van der Waals surface area contributed by atoms with Crippen molar-refractivity contribution < 1.29 is 34.2 Å². The molecular weight excluding hydrogens is 448 g/mol. The molecule has 2 aromatic carbocycles. The lowest BCUT2D eigenvalue weighted by Crippen LogP contribution is -3.00. The molecular formula is C28H31ClN2O3. The zero-order valence-electron chi connectivity index (χ0n) is 19.7. The quantitative estimate of drug-likeness (QED) is 0.197. The highest BCUT2D eigenvalue weighted by Crippen LogP contribution is 2.42. The fourth-order valence-electron chi connectivity index (χ4n) is 4.17. The summed E-state index contributed by atoms with van der Waals surface area (Å²) in [5, 5.41) is 5.12. The van der Waals surface area contributed by atoms with Crippen molar-refractivity contribution in [3.63, 3.8) is 0 Å². The van der Waals surface area contributed by atoms with Gasteiger partial charge in [0.2, 0.25) is 11.4 Å². The van der Waals surface area contributed by atoms with E-state index < -0.39 is 0 Å². The van der Waals surface area contributed by atoms with Crippen molar-refractivity contribution in [3.8, 4) is 34.9 Å². The molecule has 34 heavy (non-hydrogen) atoms. The van der Waals surface area contributed by atoms with E-state index in [-0.39, 0.29) is 21.2 Å². The van der Waals surface area contributed by atoms with E-state index in [1.165, 1.54) is 0 Å². The number of rotatable bonds is 5. The molecule has 0 fully saturated rings. The third-order valence-electron chi connectivity index (χ3n) is 5.68. The van der Waals surface area contributed by atoms with Crippen LogP contribution in [0.2, 0.25) is 0 Å². The van der Waals surface area contributed by atoms with Gasteiger partial charge in [-0.25, -0.2) is 4.79 Å². The summed E-state index contributed by atoms with van der Waals surface area (Å²) >= 11 is 0. The standard InChI is InChI=1S/C28H26N2O3.ClH.2H2/c1-6-29-23-15-25-21(13-17(23)4)27(19-11-9-10-12-20(19)28(31)32-8-3)22-14-18(5)24(30-7-2)16-26(22)33-25;;;/h1,9-16,30H,7-8H2,2-5H3;3*1H. The minimum Gasteiger partial charge on any atom is -1.00 e. The Kier molecular flexibility index (Phi) is 7.65. The van der Waals surface area contributed by atoms with Crippen LogP contribution in [-0.2, 0) is 4.74 Å². The van der Waals surface area contributed by atoms with Crippen LogP contribution in [0.1, 0.15) is 38.2 Å². The minimum absolute atomic E-state index is 0. The molecule has 0 saturated heterocycles. The van der Waals surface area contributed by atoms with Gasteiger partial charge < -0.3 is 26.9 Å². The Morgan fingerprint density at radius 2 is 1.88 bits per heavy atom. The Hall–Kier alpha value is -3.75. The van der Waals surface area contributed by atoms with Crippen molar-refractivity contribution >= 4 is 22.6 Å². The minimum atomic E-state index is -0.349. The maximum atomic E-state index is 12.8. The van der Waals surface area contributed by atoms with Gasteiger partial charge in [0.15, 0.2) is 0 Å². The highest BCUT2D eigenvalue weighted by atomic mass is 35.5. The lowest BCUT2D eigenvalue weighted by Gasteiger charge is -2.19. The van der Waals surface area contributed by atoms with Gasteiger partial charge in [-0.05, 0) is 63.4 Å². The number of hydrogen-bond donors (Lipinski definition) is 2. The number of hydrogen-bond acceptors (Lipinski definition) is 4. The fraction of sp³-hybridized carbons (Fsp3) is 0.214. The molecule has 0 unspecified atom stereocenters. The summed E-state index contributed by atoms with van der Waals surface area (Å²) in [4.78, 5) is 15.8. The van der Waals surface area contributed by atoms with Crippen molar-refractivity contribution in [2.75, 3.05) is 18.5 Å². The normalized spacial score (nSPS) is 11.2. The molecule has 5 nitrogen and oxygen atoms in total. The summed E-state index contributed by atoms with van der Waals surface area (Å²) in [5.74, 6) is 0.323. The van der Waals surface area contributed by atoms with Gasteiger partial charge in [-0.15, -0.1) is 0 Å². The molecule has 0 radical (unpaired) electrons. The Morgan fingerprint density at radius 1 is 1.12 bits per heavy atom. The first-order chi connectivity index (χ1) is 16.0. The summed E-state index contributed by atoms with van der Waals surface area (Å²) in [6.45, 7) is 9.03. The van der Waals surface area contributed by atoms with E-state index in [0.29, 0.717) is 23.5 Å². The second kappa shape index (κ2) is 10.5. The van der Waals surface area contributed by atoms with E-state index in [1.54, 1.807) is 6.07 Å². The molecule has 0 spiro atoms. The SMILES string of the molecule is C#C[NH+]=c1cc2oc3cc(NCC)c(C)cc3c(-c3ccccc3C(=O)OCC)c-2cc1C.[Cl-].[HH].[HH]. The number of fused-ring (bicyclic) bond motifs is 2. The molecule has 0 amide bonds. The zero-order valence-corrected chi connectivity index (χ0v) is 20.5. The van der Waals surface area contributed by atoms with Gasteiger partial charge in [0.25, 0.3) is 0 Å². The van der Waals surface area contributed by atoms with Crippen molar-refractivity contribution in [2.24, 2.45) is 0 Å². The second-order valence-corrected chi connectivity index (χ2v) is 7.87. The van der Waals surface area contributed by atoms with Crippen LogP contribution in [0.25, 0.3) is 33.4 Å². The molecule has 2 aromatic rings. The average molecular weight is 479 g/mol. The molecule has 0 saturated carbocycles. The van der Waals surface area contributed by atoms with Gasteiger partial charge in [0.1, 0.15) is 11.3 Å². The van der Waals surface area contributed by atoms with Crippen LogP contribution < -0.4 is 28.1 Å². The first kappa shape index (κ1) is 24.9. The summed E-state index contributed by atoms with van der Waals surface area (Å²) in [5.41, 5.74) is 6.94. The predicted molar refractivity (Wildman–Crippen MR) is 135 cm³/mol. The number of halogens is 1. The van der Waals surface area contributed by atoms with E-state index in [2.05, 4.69) is 36.3 Å². The highest BCUT2D eigenvalue weighted by molar-refractivity contribution is 6.08. The van der Waals surface area contributed by atoms with Gasteiger partial charge in [-0.2, -0.15) is 4.99 Å². The average Bonchev–Trinajstić information content (AvgIpc) is 2.80. The molecule has 4 rings (SSSR count). The smallest absolute Gasteiger partial charge is 0.338 e. The number of terminal acetylenes is 1. The molecule has 6 heteroatoms. The Morgan fingerprint density at radius 3 is 2.59 bits per heavy atom. The molecule has 1 aliphatic heterocycles. The van der Waals surface area contributed by atoms with E-state index in [0.717, 1.165) is 50.8 Å². The van der Waals surface area contributed by atoms with Gasteiger partial charge in [-0.1, -0.05) is 18.2 Å². The number of carbonyl (C=O) groups excluding carboxylic acids is 1. The topological polar surface area (TPSA) is 65.4 Å². The maximum absolute atomic E-state index is 12.8. The molecule has 1 heterocycles. The fourth-order valence-corrected chi connectivity index (χ4v) is 4.17. The van der Waals surface area contributed by atoms with Gasteiger partial charge >= 0.3 is 5.97 Å². The lowest BCUT2D eigenvalue weighted by atomic mass is 9.89. The van der Waals surface area contributed by atoms with Crippen LogP contribution in [0, 0.1) is 26.3 Å². The summed E-state index contributed by atoms with van der Waals surface area (Å²) in [7, 11) is 0. The number of benzene rings is 3. The molecule has 1 aliphatic carbocycles.